The number of benzene rings is 2. The highest BCUT2D eigenvalue weighted by molar-refractivity contribution is 5.98. The second-order valence-electron chi connectivity index (χ2n) is 11.2. The van der Waals surface area contributed by atoms with E-state index >= 15 is 0 Å². The summed E-state index contributed by atoms with van der Waals surface area (Å²) >= 11 is 0. The summed E-state index contributed by atoms with van der Waals surface area (Å²) in [4.78, 5) is 33.1. The molecule has 1 aliphatic heterocycles. The molecule has 0 saturated carbocycles. The Morgan fingerprint density at radius 1 is 1.09 bits per heavy atom. The zero-order valence-electron chi connectivity index (χ0n) is 25.1. The first-order chi connectivity index (χ1) is 21.9. The number of likely N-dealkylation sites (tertiary alicyclic amines) is 1. The van der Waals surface area contributed by atoms with E-state index in [1.165, 1.54) is 29.2 Å². The van der Waals surface area contributed by atoms with Crippen molar-refractivity contribution < 1.29 is 55.0 Å². The predicted octanol–water partition coefficient (Wildman–Crippen LogP) is 7.56. The summed E-state index contributed by atoms with van der Waals surface area (Å²) in [6.45, 7) is 4.57. The van der Waals surface area contributed by atoms with Gasteiger partial charge in [0.2, 0.25) is 17.7 Å². The molecule has 0 spiro atoms. The Labute approximate surface area is 263 Å². The molecule has 1 aliphatic rings. The second-order valence-corrected chi connectivity index (χ2v) is 11.2. The summed E-state index contributed by atoms with van der Waals surface area (Å²) in [7, 11) is 0. The van der Waals surface area contributed by atoms with Gasteiger partial charge in [-0.05, 0) is 69.5 Å². The highest BCUT2D eigenvalue weighted by Crippen LogP contribution is 2.39. The number of ether oxygens (including phenoxy) is 2. The molecular weight excluding hydrogens is 640 g/mol. The zero-order chi connectivity index (χ0) is 34.6. The van der Waals surface area contributed by atoms with Crippen molar-refractivity contribution in [1.82, 2.24) is 20.4 Å². The Hall–Kier alpha value is -5.09. The van der Waals surface area contributed by atoms with Crippen LogP contribution in [0, 0.1) is 0 Å². The van der Waals surface area contributed by atoms with Gasteiger partial charge in [0.05, 0.1) is 11.1 Å². The van der Waals surface area contributed by atoms with Crippen LogP contribution < -0.4 is 10.1 Å². The van der Waals surface area contributed by atoms with Crippen LogP contribution in [0.1, 0.15) is 62.2 Å². The van der Waals surface area contributed by atoms with E-state index in [2.05, 4.69) is 20.4 Å². The van der Waals surface area contributed by atoms with Crippen LogP contribution >= 0.6 is 0 Å². The molecule has 1 aromatic heterocycles. The van der Waals surface area contributed by atoms with Crippen LogP contribution in [0.4, 0.5) is 35.9 Å². The zero-order valence-corrected chi connectivity index (χ0v) is 25.1. The maximum atomic E-state index is 14.0. The smallest absolute Gasteiger partial charge is 0.437 e. The number of rotatable bonds is 6. The number of hydrogen-bond donors (Lipinski definition) is 2. The Morgan fingerprint density at radius 2 is 1.79 bits per heavy atom. The lowest BCUT2D eigenvalue weighted by Crippen LogP contribution is -2.44. The molecule has 17 heteroatoms. The summed E-state index contributed by atoms with van der Waals surface area (Å²) < 4.78 is 97.4. The molecule has 1 atom stereocenters. The maximum Gasteiger partial charge on any atom is 0.437 e. The highest BCUT2D eigenvalue weighted by Gasteiger charge is 2.37. The van der Waals surface area contributed by atoms with Gasteiger partial charge in [0.25, 0.3) is 0 Å². The Kier molecular flexibility index (Phi) is 10.2. The molecule has 2 amide bonds. The predicted molar refractivity (Wildman–Crippen MR) is 154 cm³/mol. The lowest BCUT2D eigenvalue weighted by Gasteiger charge is -2.25. The fourth-order valence-electron chi connectivity index (χ4n) is 4.63. The number of aromatic nitrogens is 2. The SMILES string of the molecule is CC(C)(C)OC(=O)N=C(NC(=O)O)N1CCCC1c1nc(-c2ccc(OC/C=C/c3ccccc3C(F)(F)F)c(C(F)(F)F)c2)no1. The van der Waals surface area contributed by atoms with Gasteiger partial charge in [-0.25, -0.2) is 9.59 Å². The van der Waals surface area contributed by atoms with Crippen molar-refractivity contribution >= 4 is 24.2 Å². The van der Waals surface area contributed by atoms with E-state index < -0.39 is 59.7 Å². The van der Waals surface area contributed by atoms with Gasteiger partial charge in [0, 0.05) is 12.1 Å². The standard InChI is InChI=1S/C30H29F6N5O6/c1-28(2,3)46-27(44)39-25(38-26(42)43)41-14-6-11-21(41)24-37-23(40-47-24)18-12-13-22(20(16-18)30(34,35)36)45-15-7-9-17-8-4-5-10-19(17)29(31,32)33/h4-5,7-10,12-13,16,21H,6,11,14-15H2,1-3H3,(H,42,43)(H,38,39,44)/b9-7+. The Morgan fingerprint density at radius 3 is 2.45 bits per heavy atom. The molecule has 0 aliphatic carbocycles. The van der Waals surface area contributed by atoms with Crippen molar-refractivity contribution in [2.45, 2.75) is 57.6 Å². The first kappa shape index (κ1) is 34.8. The molecular formula is C30H29F6N5O6. The van der Waals surface area contributed by atoms with E-state index in [-0.39, 0.29) is 35.3 Å². The number of guanidine groups is 1. The van der Waals surface area contributed by atoms with Gasteiger partial charge in [-0.1, -0.05) is 29.4 Å². The van der Waals surface area contributed by atoms with E-state index in [1.54, 1.807) is 20.8 Å². The summed E-state index contributed by atoms with van der Waals surface area (Å²) in [6.07, 6.45) is -8.94. The van der Waals surface area contributed by atoms with Crippen LogP contribution in [-0.2, 0) is 17.1 Å². The number of aliphatic imine (C=N–C) groups is 1. The van der Waals surface area contributed by atoms with Crippen LogP contribution in [0.5, 0.6) is 5.75 Å². The van der Waals surface area contributed by atoms with E-state index in [1.807, 2.05) is 0 Å². The van der Waals surface area contributed by atoms with Crippen LogP contribution in [0.25, 0.3) is 17.5 Å². The molecule has 2 aromatic carbocycles. The Balaban J connectivity index is 1.55. The maximum absolute atomic E-state index is 14.0. The minimum Gasteiger partial charge on any atom is -0.489 e. The molecule has 3 aromatic rings. The molecule has 1 unspecified atom stereocenters. The number of carboxylic acid groups (broad SMARTS) is 1. The molecule has 1 fully saturated rings. The summed E-state index contributed by atoms with van der Waals surface area (Å²) in [5, 5.41) is 15.2. The molecule has 4 rings (SSSR count). The number of nitrogens with zero attached hydrogens (tertiary/aromatic N) is 4. The number of nitrogens with one attached hydrogen (secondary N) is 1. The van der Waals surface area contributed by atoms with Crippen LogP contribution in [0.3, 0.4) is 0 Å². The fourth-order valence-corrected chi connectivity index (χ4v) is 4.63. The third-order valence-corrected chi connectivity index (χ3v) is 6.50. The molecule has 47 heavy (non-hydrogen) atoms. The molecule has 11 nitrogen and oxygen atoms in total. The molecule has 0 radical (unpaired) electrons. The van der Waals surface area contributed by atoms with Gasteiger partial charge < -0.3 is 24.0 Å². The summed E-state index contributed by atoms with van der Waals surface area (Å²) in [5.41, 5.74) is -3.27. The first-order valence-corrected chi connectivity index (χ1v) is 14.0. The van der Waals surface area contributed by atoms with Crippen molar-refractivity contribution in [2.75, 3.05) is 13.2 Å². The van der Waals surface area contributed by atoms with E-state index in [0.717, 1.165) is 30.4 Å². The molecule has 2 N–H and O–H groups in total. The lowest BCUT2D eigenvalue weighted by atomic mass is 10.1. The van der Waals surface area contributed by atoms with Crippen LogP contribution in [0.15, 0.2) is 58.1 Å². The minimum atomic E-state index is -4.89. The third-order valence-electron chi connectivity index (χ3n) is 6.50. The van der Waals surface area contributed by atoms with Crippen molar-refractivity contribution in [3.63, 3.8) is 0 Å². The van der Waals surface area contributed by atoms with Crippen molar-refractivity contribution in [3.05, 3.63) is 71.1 Å². The van der Waals surface area contributed by atoms with Gasteiger partial charge >= 0.3 is 24.5 Å². The van der Waals surface area contributed by atoms with Gasteiger partial charge in [0.1, 0.15) is 24.0 Å². The quantitative estimate of drug-likeness (QED) is 0.155. The van der Waals surface area contributed by atoms with E-state index in [4.69, 9.17) is 14.0 Å². The monoisotopic (exact) mass is 669 g/mol. The average Bonchev–Trinajstić information content (AvgIpc) is 3.63. The molecule has 1 saturated heterocycles. The molecule has 252 valence electrons. The Bertz CT molecular complexity index is 1660. The second kappa shape index (κ2) is 13.7. The normalized spacial score (nSPS) is 16.1. The summed E-state index contributed by atoms with van der Waals surface area (Å²) in [6, 6.07) is 6.95. The summed E-state index contributed by atoms with van der Waals surface area (Å²) in [5.74, 6) is -1.22. The van der Waals surface area contributed by atoms with E-state index in [0.29, 0.717) is 12.8 Å². The number of halogens is 6. The van der Waals surface area contributed by atoms with Crippen molar-refractivity contribution in [2.24, 2.45) is 4.99 Å². The van der Waals surface area contributed by atoms with E-state index in [9.17, 15) is 41.0 Å². The van der Waals surface area contributed by atoms with Gasteiger partial charge in [-0.15, -0.1) is 4.99 Å². The fraction of sp³-hybridized carbons (Fsp3) is 0.367. The molecule has 0 bridgehead atoms. The van der Waals surface area contributed by atoms with Gasteiger partial charge in [-0.2, -0.15) is 31.3 Å². The topological polar surface area (TPSA) is 139 Å². The van der Waals surface area contributed by atoms with Gasteiger partial charge in [-0.3, -0.25) is 5.32 Å². The molecule has 2 heterocycles. The first-order valence-electron chi connectivity index (χ1n) is 14.0. The van der Waals surface area contributed by atoms with Crippen LogP contribution in [-0.4, -0.2) is 57.0 Å². The number of carbonyl (C=O) groups excluding carboxylic acids is 1. The van der Waals surface area contributed by atoms with Crippen molar-refractivity contribution in [1.29, 1.82) is 0 Å². The van der Waals surface area contributed by atoms with Gasteiger partial charge in [0.15, 0.2) is 0 Å². The average molecular weight is 670 g/mol. The lowest BCUT2D eigenvalue weighted by molar-refractivity contribution is -0.139. The largest absolute Gasteiger partial charge is 0.489 e. The van der Waals surface area contributed by atoms with Crippen molar-refractivity contribution in [3.8, 4) is 17.1 Å². The number of alkyl halides is 6. The minimum absolute atomic E-state index is 0.0697. The third kappa shape index (κ3) is 9.23. The number of amides is 2. The highest BCUT2D eigenvalue weighted by atomic mass is 19.4. The number of hydrogen-bond acceptors (Lipinski definition) is 7. The van der Waals surface area contributed by atoms with Crippen LogP contribution in [0.2, 0.25) is 0 Å². The number of carbonyl (C=O) groups is 2.